The summed E-state index contributed by atoms with van der Waals surface area (Å²) >= 11 is 6.52. The second-order valence-corrected chi connectivity index (χ2v) is 4.30. The predicted molar refractivity (Wildman–Crippen MR) is 62.8 cm³/mol. The van der Waals surface area contributed by atoms with Crippen LogP contribution in [0, 0.1) is 12.7 Å². The largest absolute Gasteiger partial charge is 0.465 e. The number of esters is 1. The molecule has 0 radical (unpaired) electrons. The van der Waals surface area contributed by atoms with E-state index in [0.717, 1.165) is 0 Å². The van der Waals surface area contributed by atoms with E-state index >= 15 is 0 Å². The van der Waals surface area contributed by atoms with Crippen LogP contribution >= 0.6 is 31.9 Å². The van der Waals surface area contributed by atoms with Gasteiger partial charge in [0.05, 0.1) is 12.7 Å². The van der Waals surface area contributed by atoms with Gasteiger partial charge in [0.1, 0.15) is 5.82 Å². The maximum atomic E-state index is 13.4. The van der Waals surface area contributed by atoms with Crippen LogP contribution in [0.15, 0.2) is 10.5 Å². The normalized spacial score (nSPS) is 10.2. The van der Waals surface area contributed by atoms with E-state index in [-0.39, 0.29) is 5.56 Å². The van der Waals surface area contributed by atoms with Crippen LogP contribution in [0.2, 0.25) is 0 Å². The summed E-state index contributed by atoms with van der Waals surface area (Å²) in [5.74, 6) is -0.962. The van der Waals surface area contributed by atoms with E-state index in [4.69, 9.17) is 0 Å². The van der Waals surface area contributed by atoms with Crippen LogP contribution in [0.25, 0.3) is 0 Å². The number of halogens is 3. The predicted octanol–water partition coefficient (Wildman–Crippen LogP) is 3.58. The molecule has 15 heavy (non-hydrogen) atoms. The quantitative estimate of drug-likeness (QED) is 0.608. The van der Waals surface area contributed by atoms with Crippen molar-refractivity contribution in [3.8, 4) is 0 Å². The zero-order valence-electron chi connectivity index (χ0n) is 8.23. The SMILES string of the molecule is COC(=O)c1cc(F)c(C)c(Br)c1CBr. The summed E-state index contributed by atoms with van der Waals surface area (Å²) < 4.78 is 18.6. The van der Waals surface area contributed by atoms with Crippen molar-refractivity contribution in [2.45, 2.75) is 12.3 Å². The first-order valence-electron chi connectivity index (χ1n) is 4.14. The van der Waals surface area contributed by atoms with E-state index in [0.29, 0.717) is 20.9 Å². The monoisotopic (exact) mass is 338 g/mol. The smallest absolute Gasteiger partial charge is 0.338 e. The van der Waals surface area contributed by atoms with Crippen LogP contribution in [-0.2, 0) is 10.1 Å². The number of carbonyl (C=O) groups excluding carboxylic acids is 1. The Labute approximate surface area is 104 Å². The van der Waals surface area contributed by atoms with Crippen molar-refractivity contribution >= 4 is 37.8 Å². The molecule has 0 atom stereocenters. The van der Waals surface area contributed by atoms with Crippen molar-refractivity contribution in [1.82, 2.24) is 0 Å². The molecule has 0 fully saturated rings. The van der Waals surface area contributed by atoms with E-state index in [9.17, 15) is 9.18 Å². The minimum Gasteiger partial charge on any atom is -0.465 e. The van der Waals surface area contributed by atoms with Gasteiger partial charge in [0.25, 0.3) is 0 Å². The molecule has 0 bridgehead atoms. The van der Waals surface area contributed by atoms with Crippen LogP contribution in [0.3, 0.4) is 0 Å². The molecule has 0 heterocycles. The molecule has 0 N–H and O–H groups in total. The Morgan fingerprint density at radius 3 is 2.67 bits per heavy atom. The second kappa shape index (κ2) is 5.07. The van der Waals surface area contributed by atoms with Crippen molar-refractivity contribution in [2.24, 2.45) is 0 Å². The Bertz CT molecular complexity index is 405. The van der Waals surface area contributed by atoms with Crippen LogP contribution in [0.5, 0.6) is 0 Å². The summed E-state index contributed by atoms with van der Waals surface area (Å²) in [5.41, 5.74) is 1.42. The molecule has 82 valence electrons. The fraction of sp³-hybridized carbons (Fsp3) is 0.300. The summed E-state index contributed by atoms with van der Waals surface area (Å²) in [7, 11) is 1.27. The van der Waals surface area contributed by atoms with Gasteiger partial charge in [-0.05, 0) is 24.1 Å². The van der Waals surface area contributed by atoms with Crippen LogP contribution < -0.4 is 0 Å². The van der Waals surface area contributed by atoms with Crippen molar-refractivity contribution in [3.05, 3.63) is 33.0 Å². The molecular weight excluding hydrogens is 331 g/mol. The topological polar surface area (TPSA) is 26.3 Å². The van der Waals surface area contributed by atoms with Crippen molar-refractivity contribution in [2.75, 3.05) is 7.11 Å². The number of carbonyl (C=O) groups is 1. The first kappa shape index (κ1) is 12.6. The zero-order valence-corrected chi connectivity index (χ0v) is 11.4. The van der Waals surface area contributed by atoms with Gasteiger partial charge in [-0.3, -0.25) is 0 Å². The molecule has 0 saturated heterocycles. The number of ether oxygens (including phenoxy) is 1. The zero-order chi connectivity index (χ0) is 11.6. The molecule has 0 aliphatic rings. The van der Waals surface area contributed by atoms with Gasteiger partial charge in [-0.2, -0.15) is 0 Å². The third kappa shape index (κ3) is 2.39. The highest BCUT2D eigenvalue weighted by Crippen LogP contribution is 2.29. The second-order valence-electron chi connectivity index (χ2n) is 2.95. The van der Waals surface area contributed by atoms with Crippen LogP contribution in [0.4, 0.5) is 4.39 Å². The number of hydrogen-bond acceptors (Lipinski definition) is 2. The fourth-order valence-corrected chi connectivity index (χ4v) is 2.70. The Balaban J connectivity index is 3.45. The maximum absolute atomic E-state index is 13.4. The summed E-state index contributed by atoms with van der Waals surface area (Å²) in [4.78, 5) is 11.4. The lowest BCUT2D eigenvalue weighted by molar-refractivity contribution is 0.0599. The number of alkyl halides is 1. The highest BCUT2D eigenvalue weighted by molar-refractivity contribution is 9.10. The summed E-state index contributed by atoms with van der Waals surface area (Å²) in [6.45, 7) is 1.65. The summed E-state index contributed by atoms with van der Waals surface area (Å²) in [6, 6.07) is 1.20. The Morgan fingerprint density at radius 1 is 1.60 bits per heavy atom. The van der Waals surface area contributed by atoms with Gasteiger partial charge < -0.3 is 4.74 Å². The highest BCUT2D eigenvalue weighted by atomic mass is 79.9. The average Bonchev–Trinajstić information content (AvgIpc) is 2.24. The van der Waals surface area contributed by atoms with E-state index < -0.39 is 11.8 Å². The van der Waals surface area contributed by atoms with E-state index in [1.54, 1.807) is 6.92 Å². The highest BCUT2D eigenvalue weighted by Gasteiger charge is 2.18. The molecule has 0 amide bonds. The molecule has 1 rings (SSSR count). The lowest BCUT2D eigenvalue weighted by Crippen LogP contribution is -2.07. The Hall–Kier alpha value is -0.420. The van der Waals surface area contributed by atoms with E-state index in [1.165, 1.54) is 13.2 Å². The minimum atomic E-state index is -0.538. The standard InChI is InChI=1S/C10H9Br2FO2/c1-5-8(13)3-6(10(14)15-2)7(4-11)9(5)12/h3H,4H2,1-2H3. The molecule has 0 spiro atoms. The number of methoxy groups -OCH3 is 1. The molecule has 1 aromatic carbocycles. The molecule has 0 aromatic heterocycles. The number of benzene rings is 1. The van der Waals surface area contributed by atoms with Gasteiger partial charge in [-0.1, -0.05) is 31.9 Å². The Morgan fingerprint density at radius 2 is 2.20 bits per heavy atom. The summed E-state index contributed by atoms with van der Waals surface area (Å²) in [6.07, 6.45) is 0. The fourth-order valence-electron chi connectivity index (χ4n) is 1.19. The minimum absolute atomic E-state index is 0.240. The lowest BCUT2D eigenvalue weighted by atomic mass is 10.1. The molecule has 5 heteroatoms. The van der Waals surface area contributed by atoms with Crippen molar-refractivity contribution in [1.29, 1.82) is 0 Å². The first-order valence-corrected chi connectivity index (χ1v) is 6.06. The van der Waals surface area contributed by atoms with Crippen molar-refractivity contribution in [3.63, 3.8) is 0 Å². The molecule has 0 aliphatic carbocycles. The molecule has 0 saturated carbocycles. The van der Waals surface area contributed by atoms with Gasteiger partial charge in [-0.25, -0.2) is 9.18 Å². The van der Waals surface area contributed by atoms with E-state index in [2.05, 4.69) is 36.6 Å². The maximum Gasteiger partial charge on any atom is 0.338 e. The van der Waals surface area contributed by atoms with Gasteiger partial charge in [0, 0.05) is 9.80 Å². The molecular formula is C10H9Br2FO2. The molecule has 1 aromatic rings. The number of rotatable bonds is 2. The van der Waals surface area contributed by atoms with Gasteiger partial charge >= 0.3 is 5.97 Å². The van der Waals surface area contributed by atoms with Gasteiger partial charge in [-0.15, -0.1) is 0 Å². The van der Waals surface area contributed by atoms with Crippen molar-refractivity contribution < 1.29 is 13.9 Å². The van der Waals surface area contributed by atoms with Gasteiger partial charge in [0.15, 0.2) is 0 Å². The Kier molecular flexibility index (Phi) is 4.28. The average molecular weight is 340 g/mol. The van der Waals surface area contributed by atoms with Gasteiger partial charge in [0.2, 0.25) is 0 Å². The molecule has 0 unspecified atom stereocenters. The van der Waals surface area contributed by atoms with E-state index in [1.807, 2.05) is 0 Å². The molecule has 2 nitrogen and oxygen atoms in total. The molecule has 0 aliphatic heterocycles. The third-order valence-corrected chi connectivity index (χ3v) is 3.72. The third-order valence-electron chi connectivity index (χ3n) is 2.09. The van der Waals surface area contributed by atoms with Crippen LogP contribution in [-0.4, -0.2) is 13.1 Å². The number of hydrogen-bond donors (Lipinski definition) is 0. The summed E-state index contributed by atoms with van der Waals surface area (Å²) in [5, 5.41) is 0.457. The van der Waals surface area contributed by atoms with Crippen LogP contribution in [0.1, 0.15) is 21.5 Å². The lowest BCUT2D eigenvalue weighted by Gasteiger charge is -2.10. The first-order chi connectivity index (χ1) is 7.02.